The molecule has 1 N–H and O–H groups in total. The van der Waals surface area contributed by atoms with Crippen LogP contribution >= 0.6 is 7.37 Å². The summed E-state index contributed by atoms with van der Waals surface area (Å²) in [6, 6.07) is 8.86. The predicted octanol–water partition coefficient (Wildman–Crippen LogP) is 3.61. The fourth-order valence-electron chi connectivity index (χ4n) is 4.02. The van der Waals surface area contributed by atoms with Gasteiger partial charge in [0.15, 0.2) is 11.6 Å². The van der Waals surface area contributed by atoms with Gasteiger partial charge in [-0.05, 0) is 24.3 Å². The molecule has 0 spiro atoms. The van der Waals surface area contributed by atoms with Gasteiger partial charge in [-0.25, -0.2) is 13.6 Å². The van der Waals surface area contributed by atoms with Crippen molar-refractivity contribution in [3.8, 4) is 11.5 Å². The van der Waals surface area contributed by atoms with E-state index in [0.717, 1.165) is 17.0 Å². The maximum Gasteiger partial charge on any atom is 0.414 e. The summed E-state index contributed by atoms with van der Waals surface area (Å²) in [5, 5.41) is 2.55. The number of carbonyl (C=O) groups excluding carboxylic acids is 2. The van der Waals surface area contributed by atoms with Gasteiger partial charge in [-0.1, -0.05) is 0 Å². The summed E-state index contributed by atoms with van der Waals surface area (Å²) in [4.78, 5) is 25.9. The van der Waals surface area contributed by atoms with E-state index < -0.39 is 31.2 Å². The van der Waals surface area contributed by atoms with Crippen molar-refractivity contribution in [3.63, 3.8) is 0 Å². The normalized spacial score (nSPS) is 19.3. The van der Waals surface area contributed by atoms with Crippen LogP contribution in [0.4, 0.5) is 25.0 Å². The number of nitrogens with zero attached hydrogens (tertiary/aromatic N) is 2. The third-order valence-electron chi connectivity index (χ3n) is 5.83. The lowest BCUT2D eigenvalue weighted by Crippen LogP contribution is -2.37. The molecule has 2 aliphatic rings. The highest BCUT2D eigenvalue weighted by atomic mass is 31.2. The fraction of sp³-hybridized carbons (Fsp3) is 0.391. The van der Waals surface area contributed by atoms with Gasteiger partial charge in [-0.15, -0.1) is 0 Å². The summed E-state index contributed by atoms with van der Waals surface area (Å²) in [7, 11) is -1.49. The van der Waals surface area contributed by atoms with Crippen molar-refractivity contribution in [1.29, 1.82) is 0 Å². The first-order chi connectivity index (χ1) is 16.7. The van der Waals surface area contributed by atoms with Crippen molar-refractivity contribution in [1.82, 2.24) is 5.32 Å². The summed E-state index contributed by atoms with van der Waals surface area (Å²) in [6.07, 6.45) is -1.12. The van der Waals surface area contributed by atoms with E-state index in [2.05, 4.69) is 5.32 Å². The maximum absolute atomic E-state index is 15.0. The summed E-state index contributed by atoms with van der Waals surface area (Å²) in [6.45, 7) is 1.78. The second kappa shape index (κ2) is 10.1. The largest absolute Gasteiger partial charge is 0.497 e. The predicted molar refractivity (Wildman–Crippen MR) is 126 cm³/mol. The number of ether oxygens (including phenoxy) is 2. The lowest BCUT2D eigenvalue weighted by atomic mass is 10.2. The minimum Gasteiger partial charge on any atom is -0.497 e. The number of anilines is 2. The molecule has 0 aliphatic carbocycles. The van der Waals surface area contributed by atoms with E-state index >= 15 is 8.78 Å². The van der Waals surface area contributed by atoms with Gasteiger partial charge in [0, 0.05) is 32.1 Å². The maximum atomic E-state index is 15.0. The first-order valence-electron chi connectivity index (χ1n) is 11.1. The Hall–Kier alpha value is -3.33. The molecule has 35 heavy (non-hydrogen) atoms. The molecule has 0 bridgehead atoms. The van der Waals surface area contributed by atoms with E-state index in [-0.39, 0.29) is 55.8 Å². The Morgan fingerprint density at radius 2 is 1.74 bits per heavy atom. The zero-order chi connectivity index (χ0) is 25.2. The minimum absolute atomic E-state index is 0.0181. The van der Waals surface area contributed by atoms with Gasteiger partial charge in [-0.2, -0.15) is 0 Å². The first kappa shape index (κ1) is 24.8. The lowest BCUT2D eigenvalue weighted by Gasteiger charge is -2.34. The number of hydrogen-bond donors (Lipinski definition) is 1. The highest BCUT2D eigenvalue weighted by Gasteiger charge is 2.36. The average Bonchev–Trinajstić information content (AvgIpc) is 3.19. The monoisotopic (exact) mass is 509 g/mol. The molecule has 2 aliphatic heterocycles. The van der Waals surface area contributed by atoms with E-state index in [0.29, 0.717) is 11.5 Å². The summed E-state index contributed by atoms with van der Waals surface area (Å²) in [5.41, 5.74) is -0.226. The van der Waals surface area contributed by atoms with E-state index in [9.17, 15) is 14.2 Å². The van der Waals surface area contributed by atoms with Crippen LogP contribution < -0.4 is 24.4 Å². The lowest BCUT2D eigenvalue weighted by molar-refractivity contribution is -0.119. The molecule has 4 rings (SSSR count). The summed E-state index contributed by atoms with van der Waals surface area (Å²) < 4.78 is 59.1. The zero-order valence-corrected chi connectivity index (χ0v) is 20.2. The molecule has 9 nitrogen and oxygen atoms in total. The summed E-state index contributed by atoms with van der Waals surface area (Å²) in [5.74, 6) is -0.873. The Morgan fingerprint density at radius 3 is 2.31 bits per heavy atom. The van der Waals surface area contributed by atoms with Gasteiger partial charge in [0.1, 0.15) is 23.3 Å². The van der Waals surface area contributed by atoms with E-state index in [1.165, 1.54) is 11.8 Å². The smallest absolute Gasteiger partial charge is 0.414 e. The van der Waals surface area contributed by atoms with Crippen LogP contribution in [0.25, 0.3) is 0 Å². The van der Waals surface area contributed by atoms with Crippen molar-refractivity contribution in [2.24, 2.45) is 0 Å². The zero-order valence-electron chi connectivity index (χ0n) is 19.3. The number of benzene rings is 2. The van der Waals surface area contributed by atoms with Gasteiger partial charge >= 0.3 is 6.09 Å². The van der Waals surface area contributed by atoms with Crippen LogP contribution in [0.5, 0.6) is 11.5 Å². The van der Waals surface area contributed by atoms with Gasteiger partial charge in [0.2, 0.25) is 5.91 Å². The van der Waals surface area contributed by atoms with Crippen LogP contribution in [0.2, 0.25) is 0 Å². The second-order valence-electron chi connectivity index (χ2n) is 8.33. The number of halogens is 2. The van der Waals surface area contributed by atoms with Crippen molar-refractivity contribution in [2.45, 2.75) is 13.0 Å². The van der Waals surface area contributed by atoms with Crippen molar-refractivity contribution in [2.75, 3.05) is 55.4 Å². The molecule has 2 amide bonds. The van der Waals surface area contributed by atoms with Crippen LogP contribution in [0.15, 0.2) is 36.4 Å². The Kier molecular flexibility index (Phi) is 7.16. The molecule has 0 saturated carbocycles. The van der Waals surface area contributed by atoms with Gasteiger partial charge in [0.05, 0.1) is 38.2 Å². The molecule has 2 aromatic rings. The van der Waals surface area contributed by atoms with Gasteiger partial charge < -0.3 is 24.2 Å². The Morgan fingerprint density at radius 1 is 1.14 bits per heavy atom. The Balaban J connectivity index is 1.41. The minimum atomic E-state index is -3.03. The topological polar surface area (TPSA) is 97.4 Å². The molecule has 0 unspecified atom stereocenters. The van der Waals surface area contributed by atoms with Crippen molar-refractivity contribution in [3.05, 3.63) is 48.0 Å². The number of hydrogen-bond acceptors (Lipinski definition) is 7. The fourth-order valence-corrected chi connectivity index (χ4v) is 6.02. The third-order valence-corrected chi connectivity index (χ3v) is 8.14. The SMILES string of the molecule is COc1ccc(OP2(=O)CCN(c3c(F)cc(N4C[C@H](CNC(C)=O)OC4=O)cc3F)CC2)cc1. The second-order valence-corrected chi connectivity index (χ2v) is 11.0. The van der Waals surface area contributed by atoms with Crippen LogP contribution in [-0.2, 0) is 14.1 Å². The molecule has 12 heteroatoms. The molecule has 2 fully saturated rings. The van der Waals surface area contributed by atoms with Gasteiger partial charge in [0.25, 0.3) is 7.37 Å². The number of carbonyl (C=O) groups is 2. The molecule has 2 heterocycles. The molecule has 0 aromatic heterocycles. The highest BCUT2D eigenvalue weighted by molar-refractivity contribution is 7.59. The molecule has 2 saturated heterocycles. The van der Waals surface area contributed by atoms with E-state index in [1.807, 2.05) is 0 Å². The number of rotatable bonds is 7. The average molecular weight is 509 g/mol. The number of methoxy groups -OCH3 is 1. The standard InChI is InChI=1S/C23H26F2N3O6P/c1-15(29)26-13-19-14-28(23(30)33-19)16-11-20(24)22(21(25)12-16)27-7-9-35(31,10-8-27)34-18-5-3-17(32-2)4-6-18/h3-6,11-12,19H,7-10,13-14H2,1-2H3,(H,26,29)/t19-/m0/s1. The molecule has 188 valence electrons. The number of amides is 2. The van der Waals surface area contributed by atoms with Crippen molar-refractivity contribution >= 4 is 30.7 Å². The Bertz CT molecular complexity index is 1130. The summed E-state index contributed by atoms with van der Waals surface area (Å²) >= 11 is 0. The number of cyclic esters (lactones) is 1. The quantitative estimate of drug-likeness (QED) is 0.570. The van der Waals surface area contributed by atoms with Gasteiger partial charge in [-0.3, -0.25) is 14.3 Å². The van der Waals surface area contributed by atoms with E-state index in [1.54, 1.807) is 31.4 Å². The molecule has 1 atom stereocenters. The molecular formula is C23H26F2N3O6P. The number of nitrogens with one attached hydrogen (secondary N) is 1. The first-order valence-corrected chi connectivity index (χ1v) is 13.1. The molecular weight excluding hydrogens is 483 g/mol. The van der Waals surface area contributed by atoms with Crippen LogP contribution in [0, 0.1) is 11.6 Å². The van der Waals surface area contributed by atoms with Crippen LogP contribution in [-0.4, -0.2) is 63.7 Å². The molecule has 2 aromatic carbocycles. The van der Waals surface area contributed by atoms with E-state index in [4.69, 9.17) is 14.0 Å². The third kappa shape index (κ3) is 5.67. The van der Waals surface area contributed by atoms with Crippen molar-refractivity contribution < 1.29 is 36.9 Å². The Labute approximate surface area is 201 Å². The highest BCUT2D eigenvalue weighted by Crippen LogP contribution is 2.49. The van der Waals surface area contributed by atoms with Crippen LogP contribution in [0.1, 0.15) is 6.92 Å². The van der Waals surface area contributed by atoms with Crippen LogP contribution in [0.3, 0.4) is 0 Å². The molecule has 0 radical (unpaired) electrons.